The van der Waals surface area contributed by atoms with E-state index in [4.69, 9.17) is 9.84 Å². The molecule has 0 spiro atoms. The molecule has 1 aliphatic carbocycles. The third kappa shape index (κ3) is 2.76. The normalized spacial score (nSPS) is 28.8. The summed E-state index contributed by atoms with van der Waals surface area (Å²) in [6.07, 6.45) is 3.99. The molecule has 1 N–H and O–H groups in total. The van der Waals surface area contributed by atoms with Gasteiger partial charge in [-0.1, -0.05) is 33.6 Å². The first-order valence-electron chi connectivity index (χ1n) is 6.15. The zero-order chi connectivity index (χ0) is 12.3. The van der Waals surface area contributed by atoms with Crippen LogP contribution in [0.3, 0.4) is 0 Å². The largest absolute Gasteiger partial charge is 0.479 e. The summed E-state index contributed by atoms with van der Waals surface area (Å²) in [7, 11) is 1.49. The molecule has 16 heavy (non-hydrogen) atoms. The highest BCUT2D eigenvalue weighted by atomic mass is 16.5. The molecule has 1 unspecified atom stereocenters. The SMILES string of the molecule is COC(C(=O)O)C(C)(C)C1CCC(C)CC1. The second-order valence-corrected chi connectivity index (χ2v) is 5.73. The lowest BCUT2D eigenvalue weighted by Gasteiger charge is -2.41. The van der Waals surface area contributed by atoms with Gasteiger partial charge in [0.1, 0.15) is 0 Å². The van der Waals surface area contributed by atoms with Crippen molar-refractivity contribution in [3.63, 3.8) is 0 Å². The summed E-state index contributed by atoms with van der Waals surface area (Å²) in [4.78, 5) is 11.2. The highest BCUT2D eigenvalue weighted by molar-refractivity contribution is 5.73. The van der Waals surface area contributed by atoms with E-state index in [1.54, 1.807) is 0 Å². The minimum Gasteiger partial charge on any atom is -0.479 e. The van der Waals surface area contributed by atoms with E-state index in [9.17, 15) is 4.79 Å². The van der Waals surface area contributed by atoms with Gasteiger partial charge in [0, 0.05) is 12.5 Å². The van der Waals surface area contributed by atoms with Crippen LogP contribution < -0.4 is 0 Å². The van der Waals surface area contributed by atoms with Gasteiger partial charge in [0.05, 0.1) is 0 Å². The summed E-state index contributed by atoms with van der Waals surface area (Å²) in [6.45, 7) is 6.32. The third-order valence-electron chi connectivity index (χ3n) is 4.20. The summed E-state index contributed by atoms with van der Waals surface area (Å²) in [5, 5.41) is 9.17. The van der Waals surface area contributed by atoms with Gasteiger partial charge in [-0.15, -0.1) is 0 Å². The van der Waals surface area contributed by atoms with Gasteiger partial charge < -0.3 is 9.84 Å². The number of carboxylic acid groups (broad SMARTS) is 1. The summed E-state index contributed by atoms with van der Waals surface area (Å²) in [5.41, 5.74) is -0.277. The maximum atomic E-state index is 11.2. The fourth-order valence-corrected chi connectivity index (χ4v) is 2.94. The van der Waals surface area contributed by atoms with Crippen molar-refractivity contribution >= 4 is 5.97 Å². The quantitative estimate of drug-likeness (QED) is 0.804. The molecule has 0 aromatic carbocycles. The predicted molar refractivity (Wildman–Crippen MR) is 63.3 cm³/mol. The molecule has 3 heteroatoms. The lowest BCUT2D eigenvalue weighted by atomic mass is 9.66. The van der Waals surface area contributed by atoms with Crippen LogP contribution in [0.5, 0.6) is 0 Å². The summed E-state index contributed by atoms with van der Waals surface area (Å²) in [6, 6.07) is 0. The van der Waals surface area contributed by atoms with Crippen molar-refractivity contribution in [2.75, 3.05) is 7.11 Å². The Kier molecular flexibility index (Phi) is 4.36. The van der Waals surface area contributed by atoms with Gasteiger partial charge in [-0.05, 0) is 24.7 Å². The van der Waals surface area contributed by atoms with Crippen LogP contribution in [0.4, 0.5) is 0 Å². The molecule has 3 nitrogen and oxygen atoms in total. The lowest BCUT2D eigenvalue weighted by molar-refractivity contribution is -0.160. The molecule has 1 rings (SSSR count). The molecule has 0 bridgehead atoms. The van der Waals surface area contributed by atoms with E-state index in [1.165, 1.54) is 20.0 Å². The van der Waals surface area contributed by atoms with E-state index < -0.39 is 12.1 Å². The molecular weight excluding hydrogens is 204 g/mol. The summed E-state index contributed by atoms with van der Waals surface area (Å²) < 4.78 is 5.16. The molecule has 1 fully saturated rings. The fraction of sp³-hybridized carbons (Fsp3) is 0.923. The highest BCUT2D eigenvalue weighted by Gasteiger charge is 2.42. The van der Waals surface area contributed by atoms with Crippen LogP contribution in [0.15, 0.2) is 0 Å². The first kappa shape index (κ1) is 13.5. The topological polar surface area (TPSA) is 46.5 Å². The van der Waals surface area contributed by atoms with E-state index in [0.717, 1.165) is 18.8 Å². The molecule has 0 aromatic rings. The number of carbonyl (C=O) groups is 1. The number of hydrogen-bond donors (Lipinski definition) is 1. The molecule has 1 saturated carbocycles. The van der Waals surface area contributed by atoms with Crippen LogP contribution in [0.25, 0.3) is 0 Å². The number of methoxy groups -OCH3 is 1. The second kappa shape index (κ2) is 5.17. The van der Waals surface area contributed by atoms with Gasteiger partial charge in [0.15, 0.2) is 6.10 Å². The molecular formula is C13H24O3. The van der Waals surface area contributed by atoms with Gasteiger partial charge in [0.25, 0.3) is 0 Å². The molecule has 0 amide bonds. The number of rotatable bonds is 4. The highest BCUT2D eigenvalue weighted by Crippen LogP contribution is 2.43. The van der Waals surface area contributed by atoms with E-state index >= 15 is 0 Å². The molecule has 0 heterocycles. The molecule has 94 valence electrons. The number of ether oxygens (including phenoxy) is 1. The Morgan fingerprint density at radius 3 is 2.19 bits per heavy atom. The smallest absolute Gasteiger partial charge is 0.333 e. The van der Waals surface area contributed by atoms with Gasteiger partial charge in [-0.3, -0.25) is 0 Å². The zero-order valence-corrected chi connectivity index (χ0v) is 10.8. The Balaban J connectivity index is 2.71. The first-order valence-corrected chi connectivity index (χ1v) is 6.15. The predicted octanol–water partition coefficient (Wildman–Crippen LogP) is 2.94. The second-order valence-electron chi connectivity index (χ2n) is 5.73. The standard InChI is InChI=1S/C13H24O3/c1-9-5-7-10(8-6-9)13(2,3)11(16-4)12(14)15/h9-11H,5-8H2,1-4H3,(H,14,15). The molecule has 1 atom stereocenters. The monoisotopic (exact) mass is 228 g/mol. The van der Waals surface area contributed by atoms with Crippen LogP contribution in [0.1, 0.15) is 46.5 Å². The van der Waals surface area contributed by atoms with Crippen molar-refractivity contribution < 1.29 is 14.6 Å². The van der Waals surface area contributed by atoms with Crippen LogP contribution in [-0.4, -0.2) is 24.3 Å². The van der Waals surface area contributed by atoms with Gasteiger partial charge in [-0.25, -0.2) is 4.79 Å². The Morgan fingerprint density at radius 2 is 1.81 bits per heavy atom. The number of aliphatic carboxylic acids is 1. The maximum Gasteiger partial charge on any atom is 0.333 e. The fourth-order valence-electron chi connectivity index (χ4n) is 2.94. The molecule has 0 aromatic heterocycles. The average molecular weight is 228 g/mol. The summed E-state index contributed by atoms with van der Waals surface area (Å²) in [5.74, 6) is 0.411. The lowest BCUT2D eigenvalue weighted by Crippen LogP contribution is -2.44. The van der Waals surface area contributed by atoms with Gasteiger partial charge in [0.2, 0.25) is 0 Å². The van der Waals surface area contributed by atoms with Crippen LogP contribution in [0.2, 0.25) is 0 Å². The van der Waals surface area contributed by atoms with Gasteiger partial charge >= 0.3 is 5.97 Å². The van der Waals surface area contributed by atoms with Crippen molar-refractivity contribution in [2.45, 2.75) is 52.6 Å². The molecule has 1 aliphatic rings. The van der Waals surface area contributed by atoms with Crippen molar-refractivity contribution in [1.29, 1.82) is 0 Å². The first-order chi connectivity index (χ1) is 7.39. The van der Waals surface area contributed by atoms with Crippen molar-refractivity contribution in [3.05, 3.63) is 0 Å². The van der Waals surface area contributed by atoms with E-state index in [0.29, 0.717) is 5.92 Å². The average Bonchev–Trinajstić information content (AvgIpc) is 2.18. The Bertz CT molecular complexity index is 240. The Labute approximate surface area is 98.2 Å². The number of carboxylic acids is 1. The maximum absolute atomic E-state index is 11.2. The van der Waals surface area contributed by atoms with E-state index in [-0.39, 0.29) is 5.41 Å². The van der Waals surface area contributed by atoms with Crippen LogP contribution >= 0.6 is 0 Å². The Morgan fingerprint density at radius 1 is 1.31 bits per heavy atom. The van der Waals surface area contributed by atoms with Crippen LogP contribution in [0, 0.1) is 17.3 Å². The Hall–Kier alpha value is -0.570. The molecule has 0 radical (unpaired) electrons. The molecule has 0 aliphatic heterocycles. The van der Waals surface area contributed by atoms with Crippen LogP contribution in [-0.2, 0) is 9.53 Å². The minimum atomic E-state index is -0.842. The van der Waals surface area contributed by atoms with Crippen molar-refractivity contribution in [3.8, 4) is 0 Å². The third-order valence-corrected chi connectivity index (χ3v) is 4.20. The van der Waals surface area contributed by atoms with Gasteiger partial charge in [-0.2, -0.15) is 0 Å². The van der Waals surface area contributed by atoms with Crippen molar-refractivity contribution in [1.82, 2.24) is 0 Å². The minimum absolute atomic E-state index is 0.277. The molecule has 0 saturated heterocycles. The number of hydrogen-bond acceptors (Lipinski definition) is 2. The zero-order valence-electron chi connectivity index (χ0n) is 10.8. The summed E-state index contributed by atoms with van der Waals surface area (Å²) >= 11 is 0. The van der Waals surface area contributed by atoms with Crippen molar-refractivity contribution in [2.24, 2.45) is 17.3 Å². The van der Waals surface area contributed by atoms with E-state index in [2.05, 4.69) is 6.92 Å². The van der Waals surface area contributed by atoms with E-state index in [1.807, 2.05) is 13.8 Å².